The van der Waals surface area contributed by atoms with Crippen LogP contribution in [0.5, 0.6) is 17.2 Å². The zero-order chi connectivity index (χ0) is 23.9. The van der Waals surface area contributed by atoms with E-state index in [1.54, 1.807) is 20.8 Å². The van der Waals surface area contributed by atoms with E-state index in [2.05, 4.69) is 5.32 Å². The first-order valence-electron chi connectivity index (χ1n) is 8.58. The predicted molar refractivity (Wildman–Crippen MR) is 108 cm³/mol. The Labute approximate surface area is 181 Å². The second-order valence-corrected chi connectivity index (χ2v) is 9.84. The van der Waals surface area contributed by atoms with Gasteiger partial charge in [-0.15, -0.1) is 0 Å². The van der Waals surface area contributed by atoms with E-state index in [1.807, 2.05) is 0 Å². The number of hydrogen-bond donors (Lipinski definition) is 3. The molecule has 0 saturated heterocycles. The third kappa shape index (κ3) is 4.67. The monoisotopic (exact) mass is 481 g/mol. The molecule has 1 amide bonds. The predicted octanol–water partition coefficient (Wildman–Crippen LogP) is 4.60. The van der Waals surface area contributed by atoms with E-state index in [4.69, 9.17) is 16.3 Å². The maximum Gasteiger partial charge on any atom is 0.501 e. The fourth-order valence-corrected chi connectivity index (χ4v) is 3.74. The fourth-order valence-electron chi connectivity index (χ4n) is 2.66. The third-order valence-corrected chi connectivity index (χ3v) is 6.09. The Morgan fingerprint density at radius 2 is 1.68 bits per heavy atom. The number of hydrogen-bond acceptors (Lipinski definition) is 6. The first kappa shape index (κ1) is 24.6. The van der Waals surface area contributed by atoms with E-state index in [-0.39, 0.29) is 17.0 Å². The van der Waals surface area contributed by atoms with E-state index in [9.17, 15) is 36.6 Å². The molecule has 0 spiro atoms. The van der Waals surface area contributed by atoms with Crippen LogP contribution in [0, 0.1) is 0 Å². The normalized spacial score (nSPS) is 12.5. The van der Waals surface area contributed by atoms with Crippen LogP contribution in [0.25, 0.3) is 0 Å². The van der Waals surface area contributed by atoms with Gasteiger partial charge in [0, 0.05) is 5.56 Å². The van der Waals surface area contributed by atoms with Gasteiger partial charge in [-0.05, 0) is 29.7 Å². The molecular formula is C19H19ClF3NO6S. The Hall–Kier alpha value is -2.66. The van der Waals surface area contributed by atoms with Crippen LogP contribution in [0.15, 0.2) is 29.2 Å². The van der Waals surface area contributed by atoms with Gasteiger partial charge in [-0.1, -0.05) is 32.4 Å². The zero-order valence-electron chi connectivity index (χ0n) is 16.8. The summed E-state index contributed by atoms with van der Waals surface area (Å²) in [5, 5.41) is 22.6. The molecular weight excluding hydrogens is 463 g/mol. The first-order chi connectivity index (χ1) is 14.0. The van der Waals surface area contributed by atoms with Crippen LogP contribution in [0.4, 0.5) is 18.9 Å². The van der Waals surface area contributed by atoms with Crippen LogP contribution in [0.2, 0.25) is 5.02 Å². The zero-order valence-corrected chi connectivity index (χ0v) is 18.3. The summed E-state index contributed by atoms with van der Waals surface area (Å²) in [5.74, 6) is -2.34. The maximum atomic E-state index is 12.8. The molecule has 0 aromatic heterocycles. The second kappa shape index (κ2) is 8.12. The van der Waals surface area contributed by atoms with E-state index in [0.29, 0.717) is 12.1 Å². The molecule has 3 N–H and O–H groups in total. The van der Waals surface area contributed by atoms with E-state index in [1.165, 1.54) is 13.2 Å². The minimum absolute atomic E-state index is 0.0920. The lowest BCUT2D eigenvalue weighted by atomic mass is 9.84. The standard InChI is InChI=1S/C19H19ClF3NO6S/c1-18(2,3)10-8-13(30-4)16(26)14(15(10)25)17(27)24-12-6-5-9(7-11(12)20)31(28,29)19(21,22)23/h5-8,25-26H,1-4H3,(H,24,27). The van der Waals surface area contributed by atoms with Gasteiger partial charge in [-0.2, -0.15) is 13.2 Å². The fraction of sp³-hybridized carbons (Fsp3) is 0.316. The summed E-state index contributed by atoms with van der Waals surface area (Å²) >= 11 is 5.86. The van der Waals surface area contributed by atoms with E-state index < -0.39 is 53.6 Å². The van der Waals surface area contributed by atoms with Crippen molar-refractivity contribution in [2.75, 3.05) is 12.4 Å². The molecule has 0 atom stereocenters. The molecule has 0 aliphatic carbocycles. The van der Waals surface area contributed by atoms with Gasteiger partial charge in [-0.25, -0.2) is 8.42 Å². The number of ether oxygens (including phenoxy) is 1. The van der Waals surface area contributed by atoms with Crippen molar-refractivity contribution < 1.29 is 41.3 Å². The van der Waals surface area contributed by atoms with E-state index >= 15 is 0 Å². The number of sulfone groups is 1. The number of carbonyl (C=O) groups excluding carboxylic acids is 1. The SMILES string of the molecule is COc1cc(C(C)(C)C)c(O)c(C(=O)Nc2ccc(S(=O)(=O)C(F)(F)F)cc2Cl)c1O. The number of amides is 1. The second-order valence-electron chi connectivity index (χ2n) is 7.49. The number of nitrogens with one attached hydrogen (secondary N) is 1. The molecule has 0 aliphatic heterocycles. The average molecular weight is 482 g/mol. The maximum absolute atomic E-state index is 12.8. The molecule has 0 aliphatic rings. The number of phenols is 2. The Morgan fingerprint density at radius 3 is 2.13 bits per heavy atom. The quantitative estimate of drug-likeness (QED) is 0.588. The van der Waals surface area contributed by atoms with Crippen LogP contribution in [0.3, 0.4) is 0 Å². The molecule has 2 rings (SSSR count). The molecule has 0 saturated carbocycles. The number of halogens is 4. The molecule has 7 nitrogen and oxygen atoms in total. The molecule has 2 aromatic carbocycles. The van der Waals surface area contributed by atoms with E-state index in [0.717, 1.165) is 6.07 Å². The summed E-state index contributed by atoms with van der Waals surface area (Å²) in [7, 11) is -4.39. The van der Waals surface area contributed by atoms with Crippen molar-refractivity contribution in [1.29, 1.82) is 0 Å². The van der Waals surface area contributed by atoms with Gasteiger partial charge in [0.2, 0.25) is 0 Å². The highest BCUT2D eigenvalue weighted by Crippen LogP contribution is 2.44. The van der Waals surface area contributed by atoms with Crippen LogP contribution in [-0.2, 0) is 15.3 Å². The van der Waals surface area contributed by atoms with Gasteiger partial charge < -0.3 is 20.3 Å². The molecule has 0 fully saturated rings. The highest BCUT2D eigenvalue weighted by atomic mass is 35.5. The number of benzene rings is 2. The summed E-state index contributed by atoms with van der Waals surface area (Å²) in [6.45, 7) is 5.24. The Balaban J connectivity index is 2.52. The minimum Gasteiger partial charge on any atom is -0.507 e. The lowest BCUT2D eigenvalue weighted by Crippen LogP contribution is -2.23. The van der Waals surface area contributed by atoms with Crippen molar-refractivity contribution in [1.82, 2.24) is 0 Å². The van der Waals surface area contributed by atoms with Crippen LogP contribution >= 0.6 is 11.6 Å². The van der Waals surface area contributed by atoms with Crippen LogP contribution < -0.4 is 10.1 Å². The van der Waals surface area contributed by atoms with Gasteiger partial charge in [-0.3, -0.25) is 4.79 Å². The van der Waals surface area contributed by atoms with Crippen molar-refractivity contribution in [2.24, 2.45) is 0 Å². The lowest BCUT2D eigenvalue weighted by Gasteiger charge is -2.23. The summed E-state index contributed by atoms with van der Waals surface area (Å²) < 4.78 is 66.2. The lowest BCUT2D eigenvalue weighted by molar-refractivity contribution is -0.0436. The molecule has 0 heterocycles. The molecule has 0 bridgehead atoms. The Kier molecular flexibility index (Phi) is 6.44. The Bertz CT molecular complexity index is 1140. The number of anilines is 1. The first-order valence-corrected chi connectivity index (χ1v) is 10.4. The van der Waals surface area contributed by atoms with Crippen LogP contribution in [-0.4, -0.2) is 37.2 Å². The summed E-state index contributed by atoms with van der Waals surface area (Å²) in [6, 6.07) is 3.38. The van der Waals surface area contributed by atoms with Crippen molar-refractivity contribution in [3.05, 3.63) is 40.4 Å². The van der Waals surface area contributed by atoms with Crippen molar-refractivity contribution in [2.45, 2.75) is 36.6 Å². The number of methoxy groups -OCH3 is 1. The summed E-state index contributed by atoms with van der Waals surface area (Å²) in [5.41, 5.74) is -6.68. The van der Waals surface area contributed by atoms with Crippen molar-refractivity contribution in [3.8, 4) is 17.2 Å². The summed E-state index contributed by atoms with van der Waals surface area (Å²) in [6.07, 6.45) is 0. The summed E-state index contributed by atoms with van der Waals surface area (Å²) in [4.78, 5) is 11.6. The van der Waals surface area contributed by atoms with Gasteiger partial charge in [0.05, 0.1) is 22.7 Å². The molecule has 31 heavy (non-hydrogen) atoms. The number of rotatable bonds is 4. The number of phenolic OH excluding ortho intramolecular Hbond substituents is 2. The average Bonchev–Trinajstić information content (AvgIpc) is 2.61. The number of alkyl halides is 3. The van der Waals surface area contributed by atoms with Crippen molar-refractivity contribution >= 4 is 33.0 Å². The molecule has 170 valence electrons. The highest BCUT2D eigenvalue weighted by Gasteiger charge is 2.47. The molecule has 2 aromatic rings. The number of aromatic hydroxyl groups is 2. The molecule has 0 unspecified atom stereocenters. The largest absolute Gasteiger partial charge is 0.507 e. The van der Waals surface area contributed by atoms with Gasteiger partial charge in [0.1, 0.15) is 11.3 Å². The minimum atomic E-state index is -5.63. The molecule has 12 heteroatoms. The van der Waals surface area contributed by atoms with Gasteiger partial charge >= 0.3 is 5.51 Å². The Morgan fingerprint density at radius 1 is 1.10 bits per heavy atom. The molecule has 0 radical (unpaired) electrons. The number of carbonyl (C=O) groups is 1. The van der Waals surface area contributed by atoms with Crippen LogP contribution in [0.1, 0.15) is 36.7 Å². The topological polar surface area (TPSA) is 113 Å². The highest BCUT2D eigenvalue weighted by molar-refractivity contribution is 7.92. The van der Waals surface area contributed by atoms with Crippen molar-refractivity contribution in [3.63, 3.8) is 0 Å². The smallest absolute Gasteiger partial charge is 0.501 e. The van der Waals surface area contributed by atoms with Gasteiger partial charge in [0.25, 0.3) is 15.7 Å². The van der Waals surface area contributed by atoms with Gasteiger partial charge in [0.15, 0.2) is 11.5 Å². The third-order valence-electron chi connectivity index (χ3n) is 4.30.